The molecule has 0 radical (unpaired) electrons. The minimum absolute atomic E-state index is 0. The van der Waals surface area contributed by atoms with Crippen LogP contribution in [0, 0.1) is 23.7 Å². The number of halogens is 1. The fraction of sp³-hybridized carbons (Fsp3) is 0.938. The minimum atomic E-state index is 0. The molecule has 3 rings (SSSR count). The molecule has 4 heteroatoms. The van der Waals surface area contributed by atoms with Crippen LogP contribution in [0.5, 0.6) is 0 Å². The summed E-state index contributed by atoms with van der Waals surface area (Å²) in [5.74, 6) is 3.33. The zero-order chi connectivity index (χ0) is 13.2. The lowest BCUT2D eigenvalue weighted by Crippen LogP contribution is -2.38. The summed E-state index contributed by atoms with van der Waals surface area (Å²) in [6.07, 6.45) is 11.1. The topological polar surface area (TPSA) is 55.1 Å². The number of hydrogen-bond acceptors (Lipinski definition) is 2. The molecule has 5 atom stereocenters. The van der Waals surface area contributed by atoms with Crippen molar-refractivity contribution < 1.29 is 4.79 Å². The number of nitrogens with one attached hydrogen (secondary N) is 1. The summed E-state index contributed by atoms with van der Waals surface area (Å²) in [5.41, 5.74) is 5.95. The van der Waals surface area contributed by atoms with E-state index in [9.17, 15) is 4.79 Å². The molecule has 0 aromatic rings. The molecular weight excluding hydrogens is 272 g/mol. The predicted molar refractivity (Wildman–Crippen MR) is 83.7 cm³/mol. The highest BCUT2D eigenvalue weighted by Crippen LogP contribution is 2.49. The van der Waals surface area contributed by atoms with Crippen molar-refractivity contribution in [2.24, 2.45) is 29.4 Å². The summed E-state index contributed by atoms with van der Waals surface area (Å²) in [5, 5.41) is 3.16. The van der Waals surface area contributed by atoms with Gasteiger partial charge in [0.25, 0.3) is 0 Å². The molecular formula is C16H29ClN2O. The van der Waals surface area contributed by atoms with Crippen molar-refractivity contribution in [3.8, 4) is 0 Å². The molecule has 116 valence electrons. The molecule has 3 N–H and O–H groups in total. The van der Waals surface area contributed by atoms with Crippen molar-refractivity contribution in [1.29, 1.82) is 0 Å². The maximum absolute atomic E-state index is 12.1. The molecule has 0 aromatic heterocycles. The molecule has 3 aliphatic carbocycles. The monoisotopic (exact) mass is 300 g/mol. The van der Waals surface area contributed by atoms with Gasteiger partial charge in [-0.25, -0.2) is 0 Å². The average molecular weight is 301 g/mol. The standard InChI is InChI=1S/C16H28N2O.ClH/c17-15-3-1-2-14(10-15)16(19)18-7-6-13-9-11-4-5-12(13)8-11;/h11-15H,1-10,17H2,(H,18,19);1H. The molecule has 0 saturated heterocycles. The Morgan fingerprint density at radius 1 is 1.10 bits per heavy atom. The van der Waals surface area contributed by atoms with E-state index < -0.39 is 0 Å². The van der Waals surface area contributed by atoms with Crippen molar-refractivity contribution in [3.63, 3.8) is 0 Å². The molecule has 0 aliphatic heterocycles. The number of amides is 1. The number of hydrogen-bond donors (Lipinski definition) is 2. The Labute approximate surface area is 128 Å². The third-order valence-corrected chi connectivity index (χ3v) is 5.78. The lowest BCUT2D eigenvalue weighted by Gasteiger charge is -2.26. The van der Waals surface area contributed by atoms with Crippen molar-refractivity contribution in [2.75, 3.05) is 6.54 Å². The fourth-order valence-corrected chi connectivity index (χ4v) is 4.72. The smallest absolute Gasteiger partial charge is 0.223 e. The molecule has 1 amide bonds. The Morgan fingerprint density at radius 2 is 1.95 bits per heavy atom. The maximum atomic E-state index is 12.1. The highest BCUT2D eigenvalue weighted by molar-refractivity contribution is 5.85. The van der Waals surface area contributed by atoms with Crippen LogP contribution >= 0.6 is 12.4 Å². The summed E-state index contributed by atoms with van der Waals surface area (Å²) in [7, 11) is 0. The van der Waals surface area contributed by atoms with Crippen LogP contribution in [0.3, 0.4) is 0 Å². The van der Waals surface area contributed by atoms with Gasteiger partial charge in [0.15, 0.2) is 0 Å². The first-order chi connectivity index (χ1) is 9.22. The third kappa shape index (κ3) is 3.67. The van der Waals surface area contributed by atoms with Crippen LogP contribution in [-0.2, 0) is 4.79 Å². The normalized spacial score (nSPS) is 39.4. The zero-order valence-corrected chi connectivity index (χ0v) is 13.2. The fourth-order valence-electron chi connectivity index (χ4n) is 4.72. The first-order valence-electron chi connectivity index (χ1n) is 8.25. The number of nitrogens with two attached hydrogens (primary N) is 1. The lowest BCUT2D eigenvalue weighted by atomic mass is 9.85. The van der Waals surface area contributed by atoms with E-state index in [0.717, 1.165) is 50.0 Å². The summed E-state index contributed by atoms with van der Waals surface area (Å²) in [6.45, 7) is 0.887. The second-order valence-corrected chi connectivity index (χ2v) is 7.14. The van der Waals surface area contributed by atoms with Gasteiger partial charge in [-0.3, -0.25) is 4.79 Å². The van der Waals surface area contributed by atoms with E-state index in [2.05, 4.69) is 5.32 Å². The van der Waals surface area contributed by atoms with E-state index in [0.29, 0.717) is 0 Å². The number of rotatable bonds is 4. The quantitative estimate of drug-likeness (QED) is 0.839. The summed E-state index contributed by atoms with van der Waals surface area (Å²) < 4.78 is 0. The van der Waals surface area contributed by atoms with Crippen LogP contribution in [0.1, 0.15) is 57.8 Å². The zero-order valence-electron chi connectivity index (χ0n) is 12.4. The molecule has 3 fully saturated rings. The van der Waals surface area contributed by atoms with E-state index in [-0.39, 0.29) is 30.3 Å². The van der Waals surface area contributed by atoms with Crippen LogP contribution in [0.2, 0.25) is 0 Å². The van der Waals surface area contributed by atoms with Gasteiger partial charge in [-0.2, -0.15) is 0 Å². The van der Waals surface area contributed by atoms with Gasteiger partial charge < -0.3 is 11.1 Å². The van der Waals surface area contributed by atoms with Gasteiger partial charge in [0, 0.05) is 18.5 Å². The second-order valence-electron chi connectivity index (χ2n) is 7.14. The molecule has 20 heavy (non-hydrogen) atoms. The van der Waals surface area contributed by atoms with Crippen molar-refractivity contribution in [3.05, 3.63) is 0 Å². The van der Waals surface area contributed by atoms with E-state index in [1.165, 1.54) is 32.1 Å². The molecule has 5 unspecified atom stereocenters. The minimum Gasteiger partial charge on any atom is -0.356 e. The van der Waals surface area contributed by atoms with Gasteiger partial charge in [0.05, 0.1) is 0 Å². The van der Waals surface area contributed by atoms with Gasteiger partial charge in [0.2, 0.25) is 5.91 Å². The molecule has 0 spiro atoms. The Morgan fingerprint density at radius 3 is 2.60 bits per heavy atom. The second kappa shape index (κ2) is 7.13. The van der Waals surface area contributed by atoms with Crippen LogP contribution in [-0.4, -0.2) is 18.5 Å². The molecule has 3 saturated carbocycles. The third-order valence-electron chi connectivity index (χ3n) is 5.78. The summed E-state index contributed by atoms with van der Waals surface area (Å²) in [6, 6.07) is 0.245. The van der Waals surface area contributed by atoms with Gasteiger partial charge in [0.1, 0.15) is 0 Å². The summed E-state index contributed by atoms with van der Waals surface area (Å²) in [4.78, 5) is 12.1. The SMILES string of the molecule is Cl.NC1CCCC(C(=O)NCCC2CC3CCC2C3)C1. The van der Waals surface area contributed by atoms with Crippen molar-refractivity contribution in [2.45, 2.75) is 63.8 Å². The molecule has 0 heterocycles. The van der Waals surface area contributed by atoms with Crippen molar-refractivity contribution in [1.82, 2.24) is 5.32 Å². The summed E-state index contributed by atoms with van der Waals surface area (Å²) >= 11 is 0. The van der Waals surface area contributed by atoms with Crippen LogP contribution in [0.15, 0.2) is 0 Å². The van der Waals surface area contributed by atoms with Crippen molar-refractivity contribution >= 4 is 18.3 Å². The molecule has 2 bridgehead atoms. The van der Waals surface area contributed by atoms with Gasteiger partial charge >= 0.3 is 0 Å². The molecule has 3 aliphatic rings. The van der Waals surface area contributed by atoms with Gasteiger partial charge in [-0.15, -0.1) is 12.4 Å². The van der Waals surface area contributed by atoms with E-state index in [1.807, 2.05) is 0 Å². The lowest BCUT2D eigenvalue weighted by molar-refractivity contribution is -0.126. The first-order valence-corrected chi connectivity index (χ1v) is 8.25. The number of carbonyl (C=O) groups excluding carboxylic acids is 1. The maximum Gasteiger partial charge on any atom is 0.223 e. The van der Waals surface area contributed by atoms with Gasteiger partial charge in [-0.05, 0) is 62.7 Å². The number of carbonyl (C=O) groups is 1. The molecule has 3 nitrogen and oxygen atoms in total. The van der Waals surface area contributed by atoms with E-state index >= 15 is 0 Å². The largest absolute Gasteiger partial charge is 0.356 e. The Hall–Kier alpha value is -0.280. The first kappa shape index (κ1) is 16.1. The highest BCUT2D eigenvalue weighted by atomic mass is 35.5. The predicted octanol–water partition coefficient (Wildman–Crippen LogP) is 2.87. The number of fused-ring (bicyclic) bond motifs is 2. The Bertz CT molecular complexity index is 336. The van der Waals surface area contributed by atoms with E-state index in [1.54, 1.807) is 0 Å². The van der Waals surface area contributed by atoms with Gasteiger partial charge in [-0.1, -0.05) is 12.8 Å². The Kier molecular flexibility index (Phi) is 5.74. The van der Waals surface area contributed by atoms with Crippen LogP contribution < -0.4 is 11.1 Å². The van der Waals surface area contributed by atoms with Crippen LogP contribution in [0.25, 0.3) is 0 Å². The Balaban J connectivity index is 0.00000147. The average Bonchev–Trinajstić information content (AvgIpc) is 3.01. The highest BCUT2D eigenvalue weighted by Gasteiger charge is 2.38. The molecule has 0 aromatic carbocycles. The van der Waals surface area contributed by atoms with E-state index in [4.69, 9.17) is 5.73 Å². The van der Waals surface area contributed by atoms with Crippen LogP contribution in [0.4, 0.5) is 0 Å².